The Labute approximate surface area is 193 Å². The second-order valence-corrected chi connectivity index (χ2v) is 10.8. The smallest absolute Gasteiger partial charge is 0.391 e. The third-order valence-corrected chi connectivity index (χ3v) is 8.39. The number of nitrogens with one attached hydrogen (secondary N) is 1. The van der Waals surface area contributed by atoms with Crippen molar-refractivity contribution >= 4 is 33.4 Å². The summed E-state index contributed by atoms with van der Waals surface area (Å²) in [6.45, 7) is 0. The van der Waals surface area contributed by atoms with Crippen LogP contribution in [-0.4, -0.2) is 35.1 Å². The number of thiophene rings is 1. The van der Waals surface area contributed by atoms with Crippen molar-refractivity contribution in [3.05, 3.63) is 23.1 Å². The molecule has 0 bridgehead atoms. The van der Waals surface area contributed by atoms with Gasteiger partial charge in [0.05, 0.1) is 16.1 Å². The van der Waals surface area contributed by atoms with E-state index in [4.69, 9.17) is 10.5 Å². The first-order chi connectivity index (χ1) is 15.6. The van der Waals surface area contributed by atoms with E-state index in [9.17, 15) is 22.8 Å². The number of carbonyl (C=O) groups excluding carboxylic acids is 2. The standard InChI is InChI=1S/C23H26F3N3O3S/c24-23(25,26)13-3-1-12(2-4-13)20(31)28-14-8-22(9-14)10-15(11-22)32-21-16(19(27)30)7-18-17(29-21)5-6-33-18/h5-7,12-15H,1-4,8-11H2,(H2,27,30)(H,28,31). The molecule has 2 aromatic heterocycles. The molecule has 0 atom stereocenters. The van der Waals surface area contributed by atoms with Crippen LogP contribution in [0.4, 0.5) is 13.2 Å². The first-order valence-corrected chi connectivity index (χ1v) is 12.2. The van der Waals surface area contributed by atoms with Crippen LogP contribution in [0.2, 0.25) is 0 Å². The lowest BCUT2D eigenvalue weighted by molar-refractivity contribution is -0.184. The number of pyridine rings is 1. The number of carbonyl (C=O) groups is 2. The van der Waals surface area contributed by atoms with E-state index < -0.39 is 18.0 Å². The van der Waals surface area contributed by atoms with Crippen molar-refractivity contribution in [1.82, 2.24) is 10.3 Å². The van der Waals surface area contributed by atoms with Gasteiger partial charge in [-0.1, -0.05) is 0 Å². The molecule has 0 aromatic carbocycles. The van der Waals surface area contributed by atoms with Crippen molar-refractivity contribution in [3.63, 3.8) is 0 Å². The summed E-state index contributed by atoms with van der Waals surface area (Å²) in [4.78, 5) is 28.8. The Kier molecular flexibility index (Phi) is 5.54. The number of fused-ring (bicyclic) bond motifs is 1. The molecule has 33 heavy (non-hydrogen) atoms. The number of rotatable bonds is 5. The average Bonchev–Trinajstić information content (AvgIpc) is 3.16. The normalized spacial score (nSPS) is 31.6. The van der Waals surface area contributed by atoms with Gasteiger partial charge in [0.25, 0.3) is 5.91 Å². The molecule has 6 nitrogen and oxygen atoms in total. The number of nitrogens with zero attached hydrogens (tertiary/aromatic N) is 1. The molecule has 3 aliphatic carbocycles. The predicted octanol–water partition coefficient (Wildman–Crippen LogP) is 4.57. The minimum atomic E-state index is -4.16. The van der Waals surface area contributed by atoms with E-state index in [1.807, 2.05) is 11.4 Å². The third kappa shape index (κ3) is 4.41. The lowest BCUT2D eigenvalue weighted by Crippen LogP contribution is -2.59. The number of hydrogen-bond donors (Lipinski definition) is 2. The highest BCUT2D eigenvalue weighted by atomic mass is 32.1. The van der Waals surface area contributed by atoms with E-state index in [2.05, 4.69) is 10.3 Å². The summed E-state index contributed by atoms with van der Waals surface area (Å²) in [6.07, 6.45) is -0.224. The maximum Gasteiger partial charge on any atom is 0.391 e. The molecular weight excluding hydrogens is 455 g/mol. The molecule has 3 fully saturated rings. The molecule has 178 valence electrons. The van der Waals surface area contributed by atoms with Crippen molar-refractivity contribution in [1.29, 1.82) is 0 Å². The van der Waals surface area contributed by atoms with Gasteiger partial charge in [0, 0.05) is 12.0 Å². The van der Waals surface area contributed by atoms with Gasteiger partial charge in [0.1, 0.15) is 11.7 Å². The summed E-state index contributed by atoms with van der Waals surface area (Å²) in [7, 11) is 0. The van der Waals surface area contributed by atoms with Crippen LogP contribution in [-0.2, 0) is 4.79 Å². The SMILES string of the molecule is NC(=O)c1cc2sccc2nc1OC1CC2(CC(NC(=O)C3CCC(C(F)(F)F)CC3)C2)C1. The maximum absolute atomic E-state index is 12.8. The van der Waals surface area contributed by atoms with E-state index in [0.29, 0.717) is 12.8 Å². The summed E-state index contributed by atoms with van der Waals surface area (Å²) in [5, 5.41) is 4.93. The highest BCUT2D eigenvalue weighted by Gasteiger charge is 2.54. The molecule has 2 heterocycles. The molecule has 1 spiro atoms. The first-order valence-electron chi connectivity index (χ1n) is 11.3. The van der Waals surface area contributed by atoms with E-state index >= 15 is 0 Å². The second kappa shape index (κ2) is 8.14. The van der Waals surface area contributed by atoms with Gasteiger partial charge >= 0.3 is 6.18 Å². The fraction of sp³-hybridized carbons (Fsp3) is 0.609. The van der Waals surface area contributed by atoms with Crippen LogP contribution >= 0.6 is 11.3 Å². The number of hydrogen-bond acceptors (Lipinski definition) is 5. The minimum absolute atomic E-state index is 0.0354. The number of amides is 2. The Hall–Kier alpha value is -2.36. The largest absolute Gasteiger partial charge is 0.474 e. The number of alkyl halides is 3. The van der Waals surface area contributed by atoms with Gasteiger partial charge in [-0.2, -0.15) is 13.2 Å². The molecule has 3 aliphatic rings. The molecule has 0 unspecified atom stereocenters. The van der Waals surface area contributed by atoms with Crippen LogP contribution in [0.1, 0.15) is 61.7 Å². The molecular formula is C23H26F3N3O3S. The Balaban J connectivity index is 1.09. The topological polar surface area (TPSA) is 94.3 Å². The summed E-state index contributed by atoms with van der Waals surface area (Å²) >= 11 is 1.48. The average molecular weight is 482 g/mol. The number of aromatic nitrogens is 1. The Bertz CT molecular complexity index is 1060. The maximum atomic E-state index is 12.8. The zero-order valence-electron chi connectivity index (χ0n) is 18.0. The van der Waals surface area contributed by atoms with Crippen LogP contribution in [0.25, 0.3) is 10.2 Å². The van der Waals surface area contributed by atoms with Crippen LogP contribution in [0.3, 0.4) is 0 Å². The number of halogens is 3. The van der Waals surface area contributed by atoms with Crippen LogP contribution < -0.4 is 15.8 Å². The summed E-state index contributed by atoms with van der Waals surface area (Å²) in [6, 6.07) is 3.66. The second-order valence-electron chi connectivity index (χ2n) is 9.86. The fourth-order valence-corrected chi connectivity index (χ4v) is 6.48. The van der Waals surface area contributed by atoms with Gasteiger partial charge in [-0.3, -0.25) is 9.59 Å². The lowest BCUT2D eigenvalue weighted by Gasteiger charge is -2.57. The molecule has 0 radical (unpaired) electrons. The summed E-state index contributed by atoms with van der Waals surface area (Å²) < 4.78 is 45.4. The van der Waals surface area contributed by atoms with Gasteiger partial charge in [-0.15, -0.1) is 11.3 Å². The van der Waals surface area contributed by atoms with Crippen molar-refractivity contribution in [2.75, 3.05) is 0 Å². The van der Waals surface area contributed by atoms with E-state index in [-0.39, 0.29) is 53.7 Å². The molecule has 2 amide bonds. The molecule has 0 aliphatic heterocycles. The minimum Gasteiger partial charge on any atom is -0.474 e. The molecule has 2 aromatic rings. The van der Waals surface area contributed by atoms with E-state index in [1.165, 1.54) is 11.3 Å². The van der Waals surface area contributed by atoms with Gasteiger partial charge in [0.15, 0.2) is 0 Å². The first kappa shape index (κ1) is 22.4. The van der Waals surface area contributed by atoms with Crippen molar-refractivity contribution in [2.24, 2.45) is 23.0 Å². The molecule has 0 saturated heterocycles. The Morgan fingerprint density at radius 3 is 2.48 bits per heavy atom. The summed E-state index contributed by atoms with van der Waals surface area (Å²) in [5.41, 5.74) is 6.68. The zero-order chi connectivity index (χ0) is 23.4. The van der Waals surface area contributed by atoms with Crippen molar-refractivity contribution < 1.29 is 27.5 Å². The van der Waals surface area contributed by atoms with Crippen LogP contribution in [0, 0.1) is 17.3 Å². The lowest BCUT2D eigenvalue weighted by atomic mass is 9.53. The highest BCUT2D eigenvalue weighted by molar-refractivity contribution is 7.17. The van der Waals surface area contributed by atoms with Crippen LogP contribution in [0.5, 0.6) is 5.88 Å². The van der Waals surface area contributed by atoms with Gasteiger partial charge < -0.3 is 15.8 Å². The van der Waals surface area contributed by atoms with Crippen molar-refractivity contribution in [2.45, 2.75) is 69.7 Å². The zero-order valence-corrected chi connectivity index (χ0v) is 18.8. The number of ether oxygens (including phenoxy) is 1. The number of primary amides is 1. The monoisotopic (exact) mass is 481 g/mol. The third-order valence-electron chi connectivity index (χ3n) is 7.53. The predicted molar refractivity (Wildman–Crippen MR) is 117 cm³/mol. The molecule has 10 heteroatoms. The van der Waals surface area contributed by atoms with E-state index in [1.54, 1.807) is 6.07 Å². The fourth-order valence-electron chi connectivity index (χ4n) is 5.71. The highest BCUT2D eigenvalue weighted by Crippen LogP contribution is 2.57. The van der Waals surface area contributed by atoms with Gasteiger partial charge in [-0.05, 0) is 74.3 Å². The summed E-state index contributed by atoms with van der Waals surface area (Å²) in [5.74, 6) is -2.00. The molecule has 3 saturated carbocycles. The molecule has 5 rings (SSSR count). The van der Waals surface area contributed by atoms with E-state index in [0.717, 1.165) is 35.9 Å². The van der Waals surface area contributed by atoms with Gasteiger partial charge in [-0.25, -0.2) is 4.98 Å². The Morgan fingerprint density at radius 1 is 1.15 bits per heavy atom. The van der Waals surface area contributed by atoms with Gasteiger partial charge in [0.2, 0.25) is 11.8 Å². The Morgan fingerprint density at radius 2 is 1.85 bits per heavy atom. The molecule has 3 N–H and O–H groups in total. The van der Waals surface area contributed by atoms with Crippen LogP contribution in [0.15, 0.2) is 17.5 Å². The number of nitrogens with two attached hydrogens (primary N) is 1. The quantitative estimate of drug-likeness (QED) is 0.654. The van der Waals surface area contributed by atoms with Crippen molar-refractivity contribution in [3.8, 4) is 5.88 Å².